The van der Waals surface area contributed by atoms with Crippen LogP contribution in [0.1, 0.15) is 25.6 Å². The van der Waals surface area contributed by atoms with Gasteiger partial charge in [-0.3, -0.25) is 4.99 Å². The number of benzene rings is 1. The molecule has 2 aromatic rings. The second-order valence-corrected chi connectivity index (χ2v) is 4.73. The number of fused-ring (bicyclic) bond motifs is 1. The summed E-state index contributed by atoms with van der Waals surface area (Å²) in [6.45, 7) is 3.95. The molecule has 2 rings (SSSR count). The summed E-state index contributed by atoms with van der Waals surface area (Å²) in [5.74, 6) is 1.86. The van der Waals surface area contributed by atoms with Crippen LogP contribution in [0, 0.1) is 0 Å². The third kappa shape index (κ3) is 5.53. The van der Waals surface area contributed by atoms with E-state index < -0.39 is 0 Å². The lowest BCUT2D eigenvalue weighted by molar-refractivity contribution is 0.723. The van der Waals surface area contributed by atoms with Crippen molar-refractivity contribution in [2.24, 2.45) is 4.99 Å². The van der Waals surface area contributed by atoms with Gasteiger partial charge in [0.1, 0.15) is 5.82 Å². The van der Waals surface area contributed by atoms with Gasteiger partial charge in [0.2, 0.25) is 0 Å². The van der Waals surface area contributed by atoms with Gasteiger partial charge in [0.25, 0.3) is 0 Å². The minimum absolute atomic E-state index is 0. The van der Waals surface area contributed by atoms with Crippen LogP contribution in [0.2, 0.25) is 0 Å². The van der Waals surface area contributed by atoms with Crippen molar-refractivity contribution in [3.05, 3.63) is 30.1 Å². The number of H-pyrrole nitrogens is 1. The molecule has 0 radical (unpaired) electrons. The van der Waals surface area contributed by atoms with Crippen molar-refractivity contribution < 1.29 is 0 Å². The Morgan fingerprint density at radius 2 is 2.00 bits per heavy atom. The molecular weight excluding hydrogens is 377 g/mol. The highest BCUT2D eigenvalue weighted by molar-refractivity contribution is 14.0. The quantitative estimate of drug-likeness (QED) is 0.302. The van der Waals surface area contributed by atoms with E-state index in [4.69, 9.17) is 0 Å². The van der Waals surface area contributed by atoms with Crippen molar-refractivity contribution in [3.63, 3.8) is 0 Å². The molecule has 21 heavy (non-hydrogen) atoms. The maximum absolute atomic E-state index is 4.55. The average molecular weight is 401 g/mol. The fourth-order valence-corrected chi connectivity index (χ4v) is 2.03. The molecule has 0 aliphatic rings. The molecule has 116 valence electrons. The number of nitrogens with zero attached hydrogens (tertiary/aromatic N) is 2. The third-order valence-electron chi connectivity index (χ3n) is 3.14. The second kappa shape index (κ2) is 9.59. The van der Waals surface area contributed by atoms with E-state index in [1.807, 2.05) is 24.3 Å². The van der Waals surface area contributed by atoms with Crippen LogP contribution >= 0.6 is 24.0 Å². The molecule has 0 bridgehead atoms. The molecule has 0 saturated carbocycles. The zero-order valence-corrected chi connectivity index (χ0v) is 15.0. The largest absolute Gasteiger partial charge is 0.356 e. The van der Waals surface area contributed by atoms with Gasteiger partial charge in [-0.15, -0.1) is 24.0 Å². The SMILES string of the molecule is CCCCNC(=NC)NCCc1nc2ccccc2[nH]1.I. The Morgan fingerprint density at radius 1 is 1.24 bits per heavy atom. The highest BCUT2D eigenvalue weighted by Crippen LogP contribution is 2.10. The monoisotopic (exact) mass is 401 g/mol. The Balaban J connectivity index is 0.00000220. The summed E-state index contributed by atoms with van der Waals surface area (Å²) in [5.41, 5.74) is 2.11. The number of guanidine groups is 1. The van der Waals surface area contributed by atoms with E-state index in [9.17, 15) is 0 Å². The second-order valence-electron chi connectivity index (χ2n) is 4.73. The predicted octanol–water partition coefficient (Wildman–Crippen LogP) is 2.69. The van der Waals surface area contributed by atoms with E-state index >= 15 is 0 Å². The lowest BCUT2D eigenvalue weighted by Gasteiger charge is -2.10. The molecule has 0 fully saturated rings. The number of unbranched alkanes of at least 4 members (excludes halogenated alkanes) is 1. The Morgan fingerprint density at radius 3 is 2.71 bits per heavy atom. The molecule has 1 aromatic carbocycles. The van der Waals surface area contributed by atoms with Crippen molar-refractivity contribution >= 4 is 41.0 Å². The highest BCUT2D eigenvalue weighted by Gasteiger charge is 2.02. The van der Waals surface area contributed by atoms with E-state index in [1.165, 1.54) is 6.42 Å². The third-order valence-corrected chi connectivity index (χ3v) is 3.14. The summed E-state index contributed by atoms with van der Waals surface area (Å²) in [6.07, 6.45) is 3.19. The number of imidazole rings is 1. The van der Waals surface area contributed by atoms with Gasteiger partial charge in [0.15, 0.2) is 5.96 Å². The Bertz CT molecular complexity index is 531. The van der Waals surface area contributed by atoms with Crippen LogP contribution in [0.25, 0.3) is 11.0 Å². The highest BCUT2D eigenvalue weighted by atomic mass is 127. The van der Waals surface area contributed by atoms with Gasteiger partial charge in [0.05, 0.1) is 11.0 Å². The first-order chi connectivity index (χ1) is 9.83. The average Bonchev–Trinajstić information content (AvgIpc) is 2.88. The van der Waals surface area contributed by atoms with Crippen LogP contribution in [-0.4, -0.2) is 36.1 Å². The number of aromatic nitrogens is 2. The molecule has 0 atom stereocenters. The van der Waals surface area contributed by atoms with Crippen LogP contribution in [0.3, 0.4) is 0 Å². The molecule has 0 aliphatic heterocycles. The zero-order chi connectivity index (χ0) is 14.2. The summed E-state index contributed by atoms with van der Waals surface area (Å²) >= 11 is 0. The van der Waals surface area contributed by atoms with E-state index in [0.717, 1.165) is 48.7 Å². The van der Waals surface area contributed by atoms with Gasteiger partial charge in [-0.05, 0) is 18.6 Å². The number of halogens is 1. The van der Waals surface area contributed by atoms with Gasteiger partial charge in [0, 0.05) is 26.6 Å². The summed E-state index contributed by atoms with van der Waals surface area (Å²) in [6, 6.07) is 8.09. The molecule has 3 N–H and O–H groups in total. The number of hydrogen-bond donors (Lipinski definition) is 3. The smallest absolute Gasteiger partial charge is 0.190 e. The number of nitrogens with one attached hydrogen (secondary N) is 3. The van der Waals surface area contributed by atoms with Gasteiger partial charge in [-0.25, -0.2) is 4.98 Å². The van der Waals surface area contributed by atoms with E-state index in [2.05, 4.69) is 32.5 Å². The molecule has 1 aromatic heterocycles. The van der Waals surface area contributed by atoms with E-state index in [-0.39, 0.29) is 24.0 Å². The minimum atomic E-state index is 0. The van der Waals surface area contributed by atoms with Crippen molar-refractivity contribution in [1.29, 1.82) is 0 Å². The summed E-state index contributed by atoms with van der Waals surface area (Å²) in [5, 5.41) is 6.59. The van der Waals surface area contributed by atoms with Crippen LogP contribution in [0.15, 0.2) is 29.3 Å². The molecule has 5 nitrogen and oxygen atoms in total. The molecule has 0 amide bonds. The Kier molecular flexibility index (Phi) is 8.11. The van der Waals surface area contributed by atoms with Gasteiger partial charge in [-0.2, -0.15) is 0 Å². The normalized spacial score (nSPS) is 11.2. The van der Waals surface area contributed by atoms with Crippen LogP contribution < -0.4 is 10.6 Å². The standard InChI is InChI=1S/C15H23N5.HI/c1-3-4-10-17-15(16-2)18-11-9-14-19-12-7-5-6-8-13(12)20-14;/h5-8H,3-4,9-11H2,1-2H3,(H,19,20)(H2,16,17,18);1H. The molecule has 0 spiro atoms. The molecular formula is C15H24IN5. The first-order valence-electron chi connectivity index (χ1n) is 7.21. The van der Waals surface area contributed by atoms with Crippen LogP contribution in [0.5, 0.6) is 0 Å². The number of aromatic amines is 1. The molecule has 0 aliphatic carbocycles. The van der Waals surface area contributed by atoms with Crippen molar-refractivity contribution in [2.45, 2.75) is 26.2 Å². The fraction of sp³-hybridized carbons (Fsp3) is 0.467. The Hall–Kier alpha value is -1.31. The summed E-state index contributed by atoms with van der Waals surface area (Å²) in [4.78, 5) is 12.1. The van der Waals surface area contributed by atoms with Gasteiger partial charge < -0.3 is 15.6 Å². The number of para-hydroxylation sites is 2. The van der Waals surface area contributed by atoms with E-state index in [1.54, 1.807) is 7.05 Å². The first kappa shape index (κ1) is 17.7. The summed E-state index contributed by atoms with van der Waals surface area (Å²) < 4.78 is 0. The van der Waals surface area contributed by atoms with E-state index in [0.29, 0.717) is 0 Å². The molecule has 1 heterocycles. The Labute approximate surface area is 143 Å². The van der Waals surface area contributed by atoms with Crippen LogP contribution in [0.4, 0.5) is 0 Å². The predicted molar refractivity (Wildman–Crippen MR) is 99.5 cm³/mol. The maximum Gasteiger partial charge on any atom is 0.190 e. The first-order valence-corrected chi connectivity index (χ1v) is 7.21. The number of hydrogen-bond acceptors (Lipinski definition) is 2. The maximum atomic E-state index is 4.55. The zero-order valence-electron chi connectivity index (χ0n) is 12.6. The number of rotatable bonds is 6. The van der Waals surface area contributed by atoms with Gasteiger partial charge >= 0.3 is 0 Å². The lowest BCUT2D eigenvalue weighted by atomic mass is 10.3. The fourth-order valence-electron chi connectivity index (χ4n) is 2.03. The lowest BCUT2D eigenvalue weighted by Crippen LogP contribution is -2.38. The van der Waals surface area contributed by atoms with Crippen molar-refractivity contribution in [2.75, 3.05) is 20.1 Å². The molecule has 0 unspecified atom stereocenters. The van der Waals surface area contributed by atoms with Crippen LogP contribution in [-0.2, 0) is 6.42 Å². The molecule has 6 heteroatoms. The summed E-state index contributed by atoms with van der Waals surface area (Å²) in [7, 11) is 1.79. The van der Waals surface area contributed by atoms with Crippen molar-refractivity contribution in [1.82, 2.24) is 20.6 Å². The molecule has 0 saturated heterocycles. The minimum Gasteiger partial charge on any atom is -0.356 e. The van der Waals surface area contributed by atoms with Gasteiger partial charge in [-0.1, -0.05) is 25.5 Å². The number of aliphatic imine (C=N–C) groups is 1. The topological polar surface area (TPSA) is 65.1 Å². The van der Waals surface area contributed by atoms with Crippen molar-refractivity contribution in [3.8, 4) is 0 Å².